The molecule has 1 atom stereocenters. The van der Waals surface area contributed by atoms with Gasteiger partial charge in [0.25, 0.3) is 11.8 Å². The number of carbonyl (C=O) groups excluding carboxylic acids is 2. The summed E-state index contributed by atoms with van der Waals surface area (Å²) in [6, 6.07) is 11.1. The lowest BCUT2D eigenvalue weighted by Gasteiger charge is -2.50. The maximum Gasteiger partial charge on any atom is 0.490 e. The fraction of sp³-hybridized carbons (Fsp3) is 0.417. The van der Waals surface area contributed by atoms with Crippen LogP contribution < -0.4 is 5.32 Å². The molecule has 2 amide bonds. The lowest BCUT2D eigenvalue weighted by molar-refractivity contribution is -0.192. The van der Waals surface area contributed by atoms with Gasteiger partial charge in [-0.2, -0.15) is 13.2 Å². The summed E-state index contributed by atoms with van der Waals surface area (Å²) in [6.07, 6.45) is -0.0350. The van der Waals surface area contributed by atoms with E-state index in [2.05, 4.69) is 10.3 Å². The number of rotatable bonds is 5. The molecule has 0 aliphatic carbocycles. The normalized spacial score (nSPS) is 18.3. The molecule has 188 valence electrons. The molecule has 3 heterocycles. The van der Waals surface area contributed by atoms with Crippen molar-refractivity contribution < 1.29 is 37.4 Å². The number of hydrogen-bond acceptors (Lipinski definition) is 5. The maximum absolute atomic E-state index is 12.7. The fourth-order valence-electron chi connectivity index (χ4n) is 4.21. The van der Waals surface area contributed by atoms with Crippen LogP contribution in [0.1, 0.15) is 39.1 Å². The molecule has 11 heteroatoms. The number of carboxylic acids is 1. The molecule has 2 aliphatic heterocycles. The molecule has 2 N–H and O–H groups in total. The molecule has 1 aromatic carbocycles. The summed E-state index contributed by atoms with van der Waals surface area (Å²) in [6.45, 7) is 4.56. The number of nitrogens with one attached hydrogen (secondary N) is 1. The number of ether oxygens (including phenoxy) is 1. The van der Waals surface area contributed by atoms with Crippen molar-refractivity contribution >= 4 is 17.8 Å². The number of carbonyl (C=O) groups is 3. The number of benzene rings is 1. The number of pyridine rings is 1. The molecule has 0 bridgehead atoms. The van der Waals surface area contributed by atoms with Crippen molar-refractivity contribution in [1.29, 1.82) is 0 Å². The predicted octanol–water partition coefficient (Wildman–Crippen LogP) is 3.07. The largest absolute Gasteiger partial charge is 0.490 e. The Labute approximate surface area is 200 Å². The van der Waals surface area contributed by atoms with Crippen molar-refractivity contribution in [1.82, 2.24) is 15.2 Å². The van der Waals surface area contributed by atoms with Crippen molar-refractivity contribution in [2.45, 2.75) is 31.5 Å². The van der Waals surface area contributed by atoms with Gasteiger partial charge in [0.05, 0.1) is 13.1 Å². The molecule has 4 rings (SSSR count). The zero-order chi connectivity index (χ0) is 25.6. The first kappa shape index (κ1) is 26.1. The van der Waals surface area contributed by atoms with E-state index in [-0.39, 0.29) is 17.4 Å². The number of aryl methyl sites for hydroxylation is 1. The number of halogens is 3. The number of nitrogens with zero attached hydrogens (tertiary/aromatic N) is 2. The summed E-state index contributed by atoms with van der Waals surface area (Å²) in [4.78, 5) is 39.5. The number of likely N-dealkylation sites (tertiary alicyclic amines) is 1. The molecule has 0 saturated carbocycles. The highest BCUT2D eigenvalue weighted by atomic mass is 19.4. The second kappa shape index (κ2) is 10.9. The van der Waals surface area contributed by atoms with E-state index in [0.29, 0.717) is 31.1 Å². The SMILES string of the molecule is Cc1cccc(C(=O)N2CC3(C2)OCCC3CCNC(=O)c2ccncc2)c1.O=C(O)C(F)(F)F. The third-order valence-corrected chi connectivity index (χ3v) is 6.03. The zero-order valence-corrected chi connectivity index (χ0v) is 19.0. The van der Waals surface area contributed by atoms with Crippen LogP contribution in [0.15, 0.2) is 48.8 Å². The van der Waals surface area contributed by atoms with Crippen LogP contribution in [0.5, 0.6) is 0 Å². The summed E-state index contributed by atoms with van der Waals surface area (Å²) in [7, 11) is 0. The third kappa shape index (κ3) is 6.56. The number of aromatic nitrogens is 1. The summed E-state index contributed by atoms with van der Waals surface area (Å²) in [5.74, 6) is -2.42. The van der Waals surface area contributed by atoms with Gasteiger partial charge in [0, 0.05) is 36.7 Å². The molecule has 2 fully saturated rings. The van der Waals surface area contributed by atoms with E-state index in [1.54, 1.807) is 24.5 Å². The minimum Gasteiger partial charge on any atom is -0.475 e. The maximum atomic E-state index is 12.7. The second-order valence-corrected chi connectivity index (χ2v) is 8.51. The highest BCUT2D eigenvalue weighted by molar-refractivity contribution is 5.95. The van der Waals surface area contributed by atoms with E-state index in [9.17, 15) is 22.8 Å². The molecule has 1 spiro atoms. The molecular formula is C24H26F3N3O5. The first-order valence-electron chi connectivity index (χ1n) is 11.0. The van der Waals surface area contributed by atoms with Gasteiger partial charge in [-0.3, -0.25) is 14.6 Å². The van der Waals surface area contributed by atoms with Gasteiger partial charge < -0.3 is 20.1 Å². The number of alkyl halides is 3. The summed E-state index contributed by atoms with van der Waals surface area (Å²) in [5, 5.41) is 10.1. The molecule has 0 radical (unpaired) electrons. The Morgan fingerprint density at radius 2 is 1.83 bits per heavy atom. The third-order valence-electron chi connectivity index (χ3n) is 6.03. The Hall–Kier alpha value is -3.47. The van der Waals surface area contributed by atoms with Crippen LogP contribution in [0.2, 0.25) is 0 Å². The Kier molecular flexibility index (Phi) is 8.11. The van der Waals surface area contributed by atoms with Gasteiger partial charge in [0.15, 0.2) is 0 Å². The monoisotopic (exact) mass is 493 g/mol. The smallest absolute Gasteiger partial charge is 0.475 e. The predicted molar refractivity (Wildman–Crippen MR) is 119 cm³/mol. The highest BCUT2D eigenvalue weighted by Gasteiger charge is 2.54. The van der Waals surface area contributed by atoms with E-state index in [0.717, 1.165) is 30.6 Å². The molecule has 1 unspecified atom stereocenters. The first-order valence-corrected chi connectivity index (χ1v) is 11.0. The van der Waals surface area contributed by atoms with Crippen molar-refractivity contribution in [2.75, 3.05) is 26.2 Å². The van der Waals surface area contributed by atoms with Crippen LogP contribution in [-0.4, -0.2) is 70.8 Å². The molecule has 2 saturated heterocycles. The van der Waals surface area contributed by atoms with Gasteiger partial charge in [0.1, 0.15) is 5.60 Å². The van der Waals surface area contributed by atoms with Crippen molar-refractivity contribution in [3.8, 4) is 0 Å². The molecule has 2 aromatic rings. The van der Waals surface area contributed by atoms with E-state index in [1.165, 1.54) is 0 Å². The lowest BCUT2D eigenvalue weighted by Crippen LogP contribution is -2.66. The van der Waals surface area contributed by atoms with Crippen LogP contribution >= 0.6 is 0 Å². The standard InChI is InChI=1S/C22H25N3O3.C2HF3O2/c1-16-3-2-4-18(13-16)21(27)25-14-22(15-25)19(8-12-28-22)7-11-24-20(26)17-5-9-23-10-6-17;3-2(4,5)1(6)7/h2-6,9-10,13,19H,7-8,11-12,14-15H2,1H3,(H,24,26);(H,6,7). The molecular weight excluding hydrogens is 467 g/mol. The molecule has 1 aromatic heterocycles. The Bertz CT molecular complexity index is 1060. The summed E-state index contributed by atoms with van der Waals surface area (Å²) in [5.41, 5.74) is 2.18. The van der Waals surface area contributed by atoms with E-state index in [1.807, 2.05) is 36.1 Å². The molecule has 2 aliphatic rings. The summed E-state index contributed by atoms with van der Waals surface area (Å²) < 4.78 is 37.8. The van der Waals surface area contributed by atoms with E-state index < -0.39 is 12.1 Å². The number of aliphatic carboxylic acids is 1. The average Bonchev–Trinajstić information content (AvgIpc) is 3.22. The number of amides is 2. The van der Waals surface area contributed by atoms with Crippen molar-refractivity contribution in [3.63, 3.8) is 0 Å². The van der Waals surface area contributed by atoms with Crippen LogP contribution in [0, 0.1) is 12.8 Å². The first-order chi connectivity index (χ1) is 16.5. The molecule has 8 nitrogen and oxygen atoms in total. The van der Waals surface area contributed by atoms with Crippen LogP contribution in [-0.2, 0) is 9.53 Å². The fourth-order valence-corrected chi connectivity index (χ4v) is 4.21. The van der Waals surface area contributed by atoms with Crippen molar-refractivity contribution in [3.05, 3.63) is 65.5 Å². The van der Waals surface area contributed by atoms with Crippen LogP contribution in [0.3, 0.4) is 0 Å². The average molecular weight is 493 g/mol. The van der Waals surface area contributed by atoms with Gasteiger partial charge in [-0.25, -0.2) is 4.79 Å². The van der Waals surface area contributed by atoms with Crippen LogP contribution in [0.25, 0.3) is 0 Å². The Morgan fingerprint density at radius 3 is 2.43 bits per heavy atom. The Balaban J connectivity index is 0.000000429. The number of hydrogen-bond donors (Lipinski definition) is 2. The van der Waals surface area contributed by atoms with E-state index >= 15 is 0 Å². The minimum absolute atomic E-state index is 0.0644. The Morgan fingerprint density at radius 1 is 1.17 bits per heavy atom. The highest BCUT2D eigenvalue weighted by Crippen LogP contribution is 2.42. The summed E-state index contributed by atoms with van der Waals surface area (Å²) >= 11 is 0. The lowest BCUT2D eigenvalue weighted by atomic mass is 9.78. The van der Waals surface area contributed by atoms with Crippen molar-refractivity contribution in [2.24, 2.45) is 5.92 Å². The topological polar surface area (TPSA) is 109 Å². The van der Waals surface area contributed by atoms with E-state index in [4.69, 9.17) is 14.6 Å². The van der Waals surface area contributed by atoms with Gasteiger partial charge >= 0.3 is 12.1 Å². The minimum atomic E-state index is -5.08. The number of carboxylic acid groups (broad SMARTS) is 1. The van der Waals surface area contributed by atoms with Gasteiger partial charge in [-0.1, -0.05) is 17.7 Å². The second-order valence-electron chi connectivity index (χ2n) is 8.51. The van der Waals surface area contributed by atoms with Gasteiger partial charge in [-0.05, 0) is 49.9 Å². The zero-order valence-electron chi connectivity index (χ0n) is 19.0. The van der Waals surface area contributed by atoms with Crippen LogP contribution in [0.4, 0.5) is 13.2 Å². The van der Waals surface area contributed by atoms with Gasteiger partial charge in [-0.15, -0.1) is 0 Å². The quantitative estimate of drug-likeness (QED) is 0.663. The van der Waals surface area contributed by atoms with Gasteiger partial charge in [0.2, 0.25) is 0 Å². The molecule has 35 heavy (non-hydrogen) atoms.